The fraction of sp³-hybridized carbons (Fsp3) is 0.286. The molecule has 0 aliphatic heterocycles. The summed E-state index contributed by atoms with van der Waals surface area (Å²) in [4.78, 5) is 12.3. The van der Waals surface area contributed by atoms with Gasteiger partial charge in [-0.1, -0.05) is 71.0 Å². The van der Waals surface area contributed by atoms with E-state index in [2.05, 4.69) is 62.6 Å². The van der Waals surface area contributed by atoms with Crippen LogP contribution in [0.2, 0.25) is 0 Å². The van der Waals surface area contributed by atoms with Crippen LogP contribution in [0.15, 0.2) is 58.2 Å². The van der Waals surface area contributed by atoms with E-state index in [4.69, 9.17) is 5.84 Å². The Kier molecular flexibility index (Phi) is 7.33. The van der Waals surface area contributed by atoms with Crippen molar-refractivity contribution in [1.29, 1.82) is 0 Å². The summed E-state index contributed by atoms with van der Waals surface area (Å²) in [6, 6.07) is 16.2. The molecule has 0 spiro atoms. The van der Waals surface area contributed by atoms with Crippen molar-refractivity contribution in [1.82, 2.24) is 20.2 Å². The van der Waals surface area contributed by atoms with Crippen LogP contribution in [0.5, 0.6) is 0 Å². The second-order valence-corrected chi connectivity index (χ2v) is 8.60. The lowest BCUT2D eigenvalue weighted by Crippen LogP contribution is -2.28. The van der Waals surface area contributed by atoms with Gasteiger partial charge in [-0.05, 0) is 42.2 Å². The van der Waals surface area contributed by atoms with Crippen LogP contribution in [0.1, 0.15) is 42.4 Å². The average Bonchev–Trinajstić information content (AvgIpc) is 3.07. The van der Waals surface area contributed by atoms with Gasteiger partial charge in [0.25, 0.3) is 0 Å². The zero-order valence-electron chi connectivity index (χ0n) is 16.4. The van der Waals surface area contributed by atoms with E-state index in [1.54, 1.807) is 0 Å². The van der Waals surface area contributed by atoms with Gasteiger partial charge in [-0.3, -0.25) is 4.79 Å². The van der Waals surface area contributed by atoms with Crippen LogP contribution >= 0.6 is 27.7 Å². The number of rotatable bonds is 8. The monoisotopic (exact) mass is 473 g/mol. The topological polar surface area (TPSA) is 85.8 Å². The van der Waals surface area contributed by atoms with Crippen LogP contribution in [0.3, 0.4) is 0 Å². The summed E-state index contributed by atoms with van der Waals surface area (Å²) in [6.45, 7) is 4.10. The highest BCUT2D eigenvalue weighted by Gasteiger charge is 2.14. The fourth-order valence-corrected chi connectivity index (χ4v) is 3.80. The van der Waals surface area contributed by atoms with E-state index in [0.717, 1.165) is 22.0 Å². The van der Waals surface area contributed by atoms with Crippen LogP contribution in [-0.2, 0) is 17.6 Å². The van der Waals surface area contributed by atoms with Crippen LogP contribution in [-0.4, -0.2) is 26.5 Å². The molecule has 0 aliphatic carbocycles. The van der Waals surface area contributed by atoms with Crippen LogP contribution in [0.25, 0.3) is 0 Å². The van der Waals surface area contributed by atoms with E-state index >= 15 is 0 Å². The quantitative estimate of drug-likeness (QED) is 0.382. The Hall–Kier alpha value is -2.32. The number of amides is 1. The Morgan fingerprint density at radius 1 is 1.14 bits per heavy atom. The molecule has 0 saturated heterocycles. The first-order chi connectivity index (χ1) is 14.0. The van der Waals surface area contributed by atoms with E-state index < -0.39 is 0 Å². The molecule has 3 aromatic rings. The van der Waals surface area contributed by atoms with Gasteiger partial charge in [0.2, 0.25) is 11.1 Å². The number of benzene rings is 2. The molecule has 2 aromatic carbocycles. The maximum absolute atomic E-state index is 12.3. The van der Waals surface area contributed by atoms with Gasteiger partial charge in [-0.25, -0.2) is 4.68 Å². The molecule has 1 heterocycles. The minimum absolute atomic E-state index is 0.0577. The van der Waals surface area contributed by atoms with Gasteiger partial charge in [0, 0.05) is 10.9 Å². The zero-order valence-corrected chi connectivity index (χ0v) is 18.8. The number of nitrogens with one attached hydrogen (secondary N) is 1. The van der Waals surface area contributed by atoms with Crippen molar-refractivity contribution in [2.75, 3.05) is 11.6 Å². The SMILES string of the molecule is CCc1ccc([C@@H](C)NC(=O)CSc2nnc(Cc3ccc(Br)cc3)n2N)cc1. The lowest BCUT2D eigenvalue weighted by atomic mass is 10.1. The Morgan fingerprint density at radius 2 is 1.79 bits per heavy atom. The number of carbonyl (C=O) groups excluding carboxylic acids is 1. The van der Waals surface area contributed by atoms with E-state index in [1.807, 2.05) is 31.2 Å². The predicted octanol–water partition coefficient (Wildman–Crippen LogP) is 3.88. The Labute approximate surface area is 183 Å². The second-order valence-electron chi connectivity index (χ2n) is 6.75. The van der Waals surface area contributed by atoms with E-state index in [-0.39, 0.29) is 17.7 Å². The lowest BCUT2D eigenvalue weighted by molar-refractivity contribution is -0.119. The summed E-state index contributed by atoms with van der Waals surface area (Å²) in [5.41, 5.74) is 3.45. The highest BCUT2D eigenvalue weighted by atomic mass is 79.9. The van der Waals surface area contributed by atoms with Crippen molar-refractivity contribution < 1.29 is 4.79 Å². The molecule has 0 saturated carbocycles. The Balaban J connectivity index is 1.53. The number of halogens is 1. The van der Waals surface area contributed by atoms with Crippen molar-refractivity contribution >= 4 is 33.6 Å². The molecule has 6 nitrogen and oxygen atoms in total. The van der Waals surface area contributed by atoms with Gasteiger partial charge in [-0.2, -0.15) is 0 Å². The number of aryl methyl sites for hydroxylation is 1. The molecule has 3 rings (SSSR count). The molecule has 1 atom stereocenters. The van der Waals surface area contributed by atoms with Crippen molar-refractivity contribution in [3.05, 3.63) is 75.5 Å². The fourth-order valence-electron chi connectivity index (χ4n) is 2.85. The molecule has 0 bridgehead atoms. The zero-order chi connectivity index (χ0) is 20.8. The largest absolute Gasteiger partial charge is 0.349 e. The summed E-state index contributed by atoms with van der Waals surface area (Å²) in [5, 5.41) is 11.8. The van der Waals surface area contributed by atoms with Crippen LogP contribution in [0.4, 0.5) is 0 Å². The minimum Gasteiger partial charge on any atom is -0.349 e. The molecular formula is C21H24BrN5OS. The molecule has 1 aromatic heterocycles. The number of nitrogens with zero attached hydrogens (tertiary/aromatic N) is 3. The summed E-state index contributed by atoms with van der Waals surface area (Å²) < 4.78 is 2.47. The molecule has 0 unspecified atom stereocenters. The van der Waals surface area contributed by atoms with Gasteiger partial charge >= 0.3 is 0 Å². The number of hydrogen-bond donors (Lipinski definition) is 2. The standard InChI is InChI=1S/C21H24BrN5OS/c1-3-15-4-8-17(9-5-15)14(2)24-20(28)13-29-21-26-25-19(27(21)23)12-16-6-10-18(22)11-7-16/h4-11,14H,3,12-13,23H2,1-2H3,(H,24,28)/t14-/m1/s1. The van der Waals surface area contributed by atoms with E-state index in [1.165, 1.54) is 22.0 Å². The molecule has 29 heavy (non-hydrogen) atoms. The first-order valence-corrected chi connectivity index (χ1v) is 11.2. The van der Waals surface area contributed by atoms with Crippen LogP contribution < -0.4 is 11.2 Å². The normalized spacial score (nSPS) is 12.0. The number of nitrogens with two attached hydrogens (primary N) is 1. The molecule has 0 aliphatic rings. The maximum atomic E-state index is 12.3. The van der Waals surface area contributed by atoms with Gasteiger partial charge in [0.05, 0.1) is 11.8 Å². The highest BCUT2D eigenvalue weighted by molar-refractivity contribution is 9.10. The third-order valence-electron chi connectivity index (χ3n) is 4.61. The first-order valence-electron chi connectivity index (χ1n) is 9.41. The number of nitrogen functional groups attached to an aromatic ring is 1. The smallest absolute Gasteiger partial charge is 0.230 e. The van der Waals surface area contributed by atoms with Gasteiger partial charge in [0.1, 0.15) is 0 Å². The van der Waals surface area contributed by atoms with Gasteiger partial charge in [-0.15, -0.1) is 10.2 Å². The van der Waals surface area contributed by atoms with Crippen molar-refractivity contribution in [3.63, 3.8) is 0 Å². The predicted molar refractivity (Wildman–Crippen MR) is 120 cm³/mol. The Morgan fingerprint density at radius 3 is 2.45 bits per heavy atom. The molecule has 8 heteroatoms. The molecule has 0 radical (unpaired) electrons. The third-order valence-corrected chi connectivity index (χ3v) is 6.08. The summed E-state index contributed by atoms with van der Waals surface area (Å²) in [6.07, 6.45) is 1.58. The molecular weight excluding hydrogens is 450 g/mol. The summed E-state index contributed by atoms with van der Waals surface area (Å²) in [7, 11) is 0. The number of aromatic nitrogens is 3. The van der Waals surface area contributed by atoms with Crippen molar-refractivity contribution in [3.8, 4) is 0 Å². The van der Waals surface area contributed by atoms with Gasteiger partial charge in [0.15, 0.2) is 5.82 Å². The van der Waals surface area contributed by atoms with Crippen molar-refractivity contribution in [2.45, 2.75) is 37.9 Å². The second kappa shape index (κ2) is 9.93. The maximum Gasteiger partial charge on any atom is 0.230 e. The van der Waals surface area contributed by atoms with Crippen LogP contribution in [0, 0.1) is 0 Å². The minimum atomic E-state index is -0.0699. The number of hydrogen-bond acceptors (Lipinski definition) is 5. The molecule has 1 amide bonds. The highest BCUT2D eigenvalue weighted by Crippen LogP contribution is 2.19. The third kappa shape index (κ3) is 5.83. The van der Waals surface area contributed by atoms with E-state index in [0.29, 0.717) is 17.4 Å². The summed E-state index contributed by atoms with van der Waals surface area (Å²) >= 11 is 4.70. The van der Waals surface area contributed by atoms with E-state index in [9.17, 15) is 4.79 Å². The first kappa shape index (κ1) is 21.4. The number of carbonyl (C=O) groups is 1. The summed E-state index contributed by atoms with van der Waals surface area (Å²) in [5.74, 6) is 6.93. The molecule has 152 valence electrons. The van der Waals surface area contributed by atoms with Crippen molar-refractivity contribution in [2.24, 2.45) is 0 Å². The Bertz CT molecular complexity index is 956. The average molecular weight is 474 g/mol. The molecule has 0 fully saturated rings. The lowest BCUT2D eigenvalue weighted by Gasteiger charge is -2.14. The molecule has 3 N–H and O–H groups in total. The number of thioether (sulfide) groups is 1. The van der Waals surface area contributed by atoms with Gasteiger partial charge < -0.3 is 11.2 Å².